The summed E-state index contributed by atoms with van der Waals surface area (Å²) in [6.45, 7) is 10.8. The van der Waals surface area contributed by atoms with Crippen molar-refractivity contribution >= 4 is 5.97 Å². The van der Waals surface area contributed by atoms with Gasteiger partial charge in [0.1, 0.15) is 0 Å². The van der Waals surface area contributed by atoms with E-state index in [1.165, 1.54) is 16.7 Å². The van der Waals surface area contributed by atoms with Crippen LogP contribution < -0.4 is 5.32 Å². The van der Waals surface area contributed by atoms with Crippen molar-refractivity contribution in [2.24, 2.45) is 0 Å². The van der Waals surface area contributed by atoms with E-state index >= 15 is 0 Å². The van der Waals surface area contributed by atoms with Crippen LogP contribution >= 0.6 is 0 Å². The topological polar surface area (TPSA) is 38.3 Å². The first kappa shape index (κ1) is 17.7. The molecule has 1 N–H and O–H groups in total. The van der Waals surface area contributed by atoms with Crippen molar-refractivity contribution in [3.63, 3.8) is 0 Å². The highest BCUT2D eigenvalue weighted by molar-refractivity contribution is 5.70. The van der Waals surface area contributed by atoms with Crippen molar-refractivity contribution in [1.82, 2.24) is 5.32 Å². The van der Waals surface area contributed by atoms with Crippen LogP contribution in [0.3, 0.4) is 0 Å². The van der Waals surface area contributed by atoms with E-state index in [0.717, 1.165) is 12.8 Å². The molecule has 0 bridgehead atoms. The van der Waals surface area contributed by atoms with E-state index < -0.39 is 0 Å². The summed E-state index contributed by atoms with van der Waals surface area (Å²) in [7, 11) is 0. The van der Waals surface area contributed by atoms with E-state index in [4.69, 9.17) is 4.74 Å². The number of esters is 1. The van der Waals surface area contributed by atoms with Crippen LogP contribution in [-0.2, 0) is 16.0 Å². The summed E-state index contributed by atoms with van der Waals surface area (Å²) in [5, 5.41) is 3.55. The summed E-state index contributed by atoms with van der Waals surface area (Å²) in [6, 6.07) is 7.02. The third-order valence-electron chi connectivity index (χ3n) is 3.82. The zero-order valence-electron chi connectivity index (χ0n) is 14.0. The molecule has 0 saturated carbocycles. The van der Waals surface area contributed by atoms with Crippen LogP contribution in [0.25, 0.3) is 0 Å². The molecule has 2 atom stereocenters. The van der Waals surface area contributed by atoms with Crippen molar-refractivity contribution in [2.75, 3.05) is 6.61 Å². The summed E-state index contributed by atoms with van der Waals surface area (Å²) < 4.78 is 5.10. The predicted molar refractivity (Wildman–Crippen MR) is 87.5 cm³/mol. The molecule has 0 aromatic heterocycles. The van der Waals surface area contributed by atoms with Crippen molar-refractivity contribution in [3.05, 3.63) is 34.9 Å². The molecule has 1 aromatic carbocycles. The second-order valence-corrected chi connectivity index (χ2v) is 5.82. The van der Waals surface area contributed by atoms with E-state index in [1.54, 1.807) is 0 Å². The third-order valence-corrected chi connectivity index (χ3v) is 3.82. The number of benzene rings is 1. The Hall–Kier alpha value is -1.35. The summed E-state index contributed by atoms with van der Waals surface area (Å²) in [6.07, 6.45) is 2.33. The van der Waals surface area contributed by atoms with E-state index in [1.807, 2.05) is 6.92 Å². The zero-order chi connectivity index (χ0) is 15.8. The summed E-state index contributed by atoms with van der Waals surface area (Å²) >= 11 is 0. The fourth-order valence-electron chi connectivity index (χ4n) is 2.47. The summed E-state index contributed by atoms with van der Waals surface area (Å²) in [4.78, 5) is 11.8. The van der Waals surface area contributed by atoms with Gasteiger partial charge in [0.15, 0.2) is 0 Å². The van der Waals surface area contributed by atoms with Crippen molar-refractivity contribution in [3.8, 4) is 0 Å². The van der Waals surface area contributed by atoms with Gasteiger partial charge in [-0.3, -0.25) is 4.79 Å². The molecular weight excluding hydrogens is 262 g/mol. The van der Waals surface area contributed by atoms with Gasteiger partial charge in [0, 0.05) is 12.1 Å². The molecule has 0 amide bonds. The highest BCUT2D eigenvalue weighted by atomic mass is 16.5. The number of hydrogen-bond donors (Lipinski definition) is 1. The molecule has 0 aliphatic rings. The van der Waals surface area contributed by atoms with Gasteiger partial charge in [-0.1, -0.05) is 30.7 Å². The van der Waals surface area contributed by atoms with Gasteiger partial charge in [0.2, 0.25) is 0 Å². The molecule has 0 radical (unpaired) electrons. The van der Waals surface area contributed by atoms with Gasteiger partial charge in [0.25, 0.3) is 0 Å². The molecular formula is C18H29NO2. The quantitative estimate of drug-likeness (QED) is 0.744. The average Bonchev–Trinajstić information content (AvgIpc) is 2.41. The second kappa shape index (κ2) is 8.83. The molecule has 0 aliphatic heterocycles. The van der Waals surface area contributed by atoms with Crippen LogP contribution in [0.5, 0.6) is 0 Å². The first-order valence-electron chi connectivity index (χ1n) is 7.94. The minimum absolute atomic E-state index is 0.122. The van der Waals surface area contributed by atoms with Gasteiger partial charge in [-0.15, -0.1) is 0 Å². The van der Waals surface area contributed by atoms with Crippen LogP contribution in [0, 0.1) is 13.8 Å². The lowest BCUT2D eigenvalue weighted by molar-refractivity contribution is -0.143. The number of carbonyl (C=O) groups excluding carboxylic acids is 1. The van der Waals surface area contributed by atoms with Crippen molar-refractivity contribution < 1.29 is 9.53 Å². The molecule has 0 heterocycles. The van der Waals surface area contributed by atoms with Crippen LogP contribution in [-0.4, -0.2) is 24.7 Å². The van der Waals surface area contributed by atoms with Gasteiger partial charge in [-0.2, -0.15) is 0 Å². The Bertz CT molecular complexity index is 457. The number of rotatable bonds is 8. The Labute approximate surface area is 129 Å². The lowest BCUT2D eigenvalue weighted by Gasteiger charge is -2.23. The Morgan fingerprint density at radius 1 is 1.29 bits per heavy atom. The summed E-state index contributed by atoms with van der Waals surface area (Å²) in [5.74, 6) is -0.122. The van der Waals surface area contributed by atoms with Crippen LogP contribution in [0.15, 0.2) is 18.2 Å². The third kappa shape index (κ3) is 6.30. The normalized spacial score (nSPS) is 13.8. The fraction of sp³-hybridized carbons (Fsp3) is 0.611. The van der Waals surface area contributed by atoms with Gasteiger partial charge >= 0.3 is 5.97 Å². The number of nitrogens with one attached hydrogen (secondary N) is 1. The number of ether oxygens (including phenoxy) is 1. The molecule has 3 nitrogen and oxygen atoms in total. The maximum atomic E-state index is 11.8. The van der Waals surface area contributed by atoms with Gasteiger partial charge in [0.05, 0.1) is 13.0 Å². The van der Waals surface area contributed by atoms with Crippen molar-refractivity contribution in [1.29, 1.82) is 0 Å². The average molecular weight is 291 g/mol. The van der Waals surface area contributed by atoms with E-state index in [-0.39, 0.29) is 12.0 Å². The molecule has 0 aliphatic carbocycles. The second-order valence-electron chi connectivity index (χ2n) is 5.82. The maximum absolute atomic E-state index is 11.8. The van der Waals surface area contributed by atoms with E-state index in [0.29, 0.717) is 19.1 Å². The van der Waals surface area contributed by atoms with Crippen LogP contribution in [0.1, 0.15) is 50.3 Å². The largest absolute Gasteiger partial charge is 0.466 e. The monoisotopic (exact) mass is 291 g/mol. The lowest BCUT2D eigenvalue weighted by atomic mass is 9.97. The minimum atomic E-state index is -0.122. The smallest absolute Gasteiger partial charge is 0.307 e. The van der Waals surface area contributed by atoms with Crippen molar-refractivity contribution in [2.45, 2.75) is 66.0 Å². The lowest BCUT2D eigenvalue weighted by Crippen LogP contribution is -2.39. The molecule has 0 spiro atoms. The highest BCUT2D eigenvalue weighted by Crippen LogP contribution is 2.15. The molecule has 1 rings (SSSR count). The molecule has 0 fully saturated rings. The molecule has 3 heteroatoms. The molecule has 2 unspecified atom stereocenters. The van der Waals surface area contributed by atoms with E-state index in [2.05, 4.69) is 51.2 Å². The SMILES string of the molecule is CCOC(=O)CC(Cc1ccc(C)cc1C)NC(C)CC. The van der Waals surface area contributed by atoms with Crippen LogP contribution in [0.2, 0.25) is 0 Å². The Kier molecular flexibility index (Phi) is 7.44. The molecule has 1 aromatic rings. The Balaban J connectivity index is 2.77. The number of hydrogen-bond acceptors (Lipinski definition) is 3. The van der Waals surface area contributed by atoms with Gasteiger partial charge in [-0.25, -0.2) is 0 Å². The first-order chi connectivity index (χ1) is 9.96. The first-order valence-corrected chi connectivity index (χ1v) is 7.94. The van der Waals surface area contributed by atoms with E-state index in [9.17, 15) is 4.79 Å². The van der Waals surface area contributed by atoms with Gasteiger partial charge in [-0.05, 0) is 51.7 Å². The Morgan fingerprint density at radius 3 is 2.57 bits per heavy atom. The molecule has 0 saturated heterocycles. The van der Waals surface area contributed by atoms with Crippen LogP contribution in [0.4, 0.5) is 0 Å². The Morgan fingerprint density at radius 2 is 2.00 bits per heavy atom. The molecule has 21 heavy (non-hydrogen) atoms. The predicted octanol–water partition coefficient (Wildman–Crippen LogP) is 3.56. The fourth-order valence-corrected chi connectivity index (χ4v) is 2.47. The highest BCUT2D eigenvalue weighted by Gasteiger charge is 2.17. The zero-order valence-corrected chi connectivity index (χ0v) is 14.0. The minimum Gasteiger partial charge on any atom is -0.466 e. The molecule has 118 valence electrons. The van der Waals surface area contributed by atoms with Gasteiger partial charge < -0.3 is 10.1 Å². The standard InChI is InChI=1S/C18H29NO2/c1-6-15(5)19-17(12-18(20)21-7-2)11-16-9-8-13(3)10-14(16)4/h8-10,15,17,19H,6-7,11-12H2,1-5H3. The number of aryl methyl sites for hydroxylation is 2. The maximum Gasteiger partial charge on any atom is 0.307 e. The summed E-state index contributed by atoms with van der Waals surface area (Å²) in [5.41, 5.74) is 3.86. The number of carbonyl (C=O) groups is 1.